The molecule has 0 N–H and O–H groups in total. The lowest BCUT2D eigenvalue weighted by Gasteiger charge is -2.42. The number of anilines is 2. The number of nitrogens with zero attached hydrogens (tertiary/aromatic N) is 5. The number of hydrogen-bond acceptors (Lipinski definition) is 7. The van der Waals surface area contributed by atoms with Crippen LogP contribution in [0.1, 0.15) is 13.8 Å². The van der Waals surface area contributed by atoms with Crippen LogP contribution in [0.3, 0.4) is 0 Å². The fourth-order valence-electron chi connectivity index (χ4n) is 2.55. The molecule has 7 heteroatoms. The van der Waals surface area contributed by atoms with E-state index in [1.54, 1.807) is 6.33 Å². The number of ether oxygens (including phenoxy) is 2. The predicted octanol–water partition coefficient (Wildman–Crippen LogP) is 0.323. The van der Waals surface area contributed by atoms with E-state index in [1.807, 2.05) is 0 Å². The van der Waals surface area contributed by atoms with E-state index in [9.17, 15) is 0 Å². The molecular formula is C13H21N5O2. The topological polar surface area (TPSA) is 63.6 Å². The van der Waals surface area contributed by atoms with Crippen molar-refractivity contribution in [3.8, 4) is 0 Å². The van der Waals surface area contributed by atoms with E-state index < -0.39 is 0 Å². The van der Waals surface area contributed by atoms with Gasteiger partial charge < -0.3 is 19.3 Å². The normalized spacial score (nSPS) is 22.9. The van der Waals surface area contributed by atoms with Crippen LogP contribution in [0, 0.1) is 0 Å². The van der Waals surface area contributed by atoms with E-state index in [0.717, 1.165) is 44.7 Å². The summed E-state index contributed by atoms with van der Waals surface area (Å²) >= 11 is 0. The van der Waals surface area contributed by atoms with E-state index in [0.29, 0.717) is 13.2 Å². The van der Waals surface area contributed by atoms with Gasteiger partial charge in [0.15, 0.2) is 0 Å². The van der Waals surface area contributed by atoms with Gasteiger partial charge in [-0.05, 0) is 13.8 Å². The zero-order valence-electron chi connectivity index (χ0n) is 12.1. The van der Waals surface area contributed by atoms with Gasteiger partial charge in [0.05, 0.1) is 32.0 Å². The average molecular weight is 279 g/mol. The van der Waals surface area contributed by atoms with E-state index in [2.05, 4.69) is 38.6 Å². The highest BCUT2D eigenvalue weighted by molar-refractivity contribution is 5.40. The summed E-state index contributed by atoms with van der Waals surface area (Å²) in [6.45, 7) is 9.60. The minimum Gasteiger partial charge on any atom is -0.378 e. The van der Waals surface area contributed by atoms with Crippen molar-refractivity contribution in [2.75, 3.05) is 55.9 Å². The van der Waals surface area contributed by atoms with Gasteiger partial charge in [-0.1, -0.05) is 0 Å². The molecule has 2 saturated heterocycles. The Morgan fingerprint density at radius 3 is 2.45 bits per heavy atom. The first-order valence-corrected chi connectivity index (χ1v) is 7.04. The molecule has 0 radical (unpaired) electrons. The molecule has 7 nitrogen and oxygen atoms in total. The van der Waals surface area contributed by atoms with Gasteiger partial charge in [-0.3, -0.25) is 0 Å². The summed E-state index contributed by atoms with van der Waals surface area (Å²) < 4.78 is 10.9. The average Bonchev–Trinajstić information content (AvgIpc) is 2.48. The molecule has 0 amide bonds. The Hall–Kier alpha value is -1.47. The van der Waals surface area contributed by atoms with Gasteiger partial charge in [-0.2, -0.15) is 4.98 Å². The largest absolute Gasteiger partial charge is 0.378 e. The molecule has 1 aromatic rings. The summed E-state index contributed by atoms with van der Waals surface area (Å²) in [5, 5.41) is 0. The molecule has 0 bridgehead atoms. The maximum atomic E-state index is 5.54. The third kappa shape index (κ3) is 2.69. The highest BCUT2D eigenvalue weighted by Gasteiger charge is 2.32. The molecule has 2 fully saturated rings. The van der Waals surface area contributed by atoms with Crippen molar-refractivity contribution in [2.45, 2.75) is 19.4 Å². The van der Waals surface area contributed by atoms with Crippen molar-refractivity contribution in [1.82, 2.24) is 15.0 Å². The van der Waals surface area contributed by atoms with E-state index in [-0.39, 0.29) is 5.54 Å². The molecule has 3 rings (SSSR count). The Morgan fingerprint density at radius 2 is 1.70 bits per heavy atom. The molecule has 1 aromatic heterocycles. The molecule has 0 aromatic carbocycles. The lowest BCUT2D eigenvalue weighted by atomic mass is 10.0. The first kappa shape index (κ1) is 13.5. The van der Waals surface area contributed by atoms with Crippen molar-refractivity contribution in [3.63, 3.8) is 0 Å². The van der Waals surface area contributed by atoms with Crippen LogP contribution in [0.15, 0.2) is 6.33 Å². The molecular weight excluding hydrogens is 258 g/mol. The first-order chi connectivity index (χ1) is 9.67. The Morgan fingerprint density at radius 1 is 1.00 bits per heavy atom. The van der Waals surface area contributed by atoms with Gasteiger partial charge in [0.1, 0.15) is 6.33 Å². The molecule has 0 atom stereocenters. The quantitative estimate of drug-likeness (QED) is 0.772. The van der Waals surface area contributed by atoms with Crippen LogP contribution in [0.2, 0.25) is 0 Å². The highest BCUT2D eigenvalue weighted by atomic mass is 16.5. The first-order valence-electron chi connectivity index (χ1n) is 7.04. The summed E-state index contributed by atoms with van der Waals surface area (Å²) in [5.74, 6) is 1.47. The SMILES string of the molecule is CC1(C)COCCN1c1ncnc(N2CCOCC2)n1. The van der Waals surface area contributed by atoms with Gasteiger partial charge >= 0.3 is 0 Å². The number of aromatic nitrogens is 3. The molecule has 20 heavy (non-hydrogen) atoms. The van der Waals surface area contributed by atoms with Gasteiger partial charge in [0, 0.05) is 19.6 Å². The second-order valence-corrected chi connectivity index (χ2v) is 5.70. The Kier molecular flexibility index (Phi) is 3.71. The molecule has 2 aliphatic heterocycles. The van der Waals surface area contributed by atoms with Crippen molar-refractivity contribution in [1.29, 1.82) is 0 Å². The fraction of sp³-hybridized carbons (Fsp3) is 0.769. The number of morpholine rings is 2. The fourth-order valence-corrected chi connectivity index (χ4v) is 2.55. The van der Waals surface area contributed by atoms with Crippen LogP contribution < -0.4 is 9.80 Å². The van der Waals surface area contributed by atoms with Gasteiger partial charge in [-0.15, -0.1) is 0 Å². The Bertz CT molecular complexity index is 462. The Labute approximate surface area is 118 Å². The van der Waals surface area contributed by atoms with Gasteiger partial charge in [0.2, 0.25) is 11.9 Å². The number of rotatable bonds is 2. The van der Waals surface area contributed by atoms with Crippen LogP contribution in [-0.2, 0) is 9.47 Å². The molecule has 110 valence electrons. The van der Waals surface area contributed by atoms with Gasteiger partial charge in [0.25, 0.3) is 0 Å². The molecule has 0 unspecified atom stereocenters. The van der Waals surface area contributed by atoms with Crippen molar-refractivity contribution >= 4 is 11.9 Å². The van der Waals surface area contributed by atoms with Gasteiger partial charge in [-0.25, -0.2) is 9.97 Å². The molecule has 0 aliphatic carbocycles. The minimum absolute atomic E-state index is 0.0954. The van der Waals surface area contributed by atoms with Crippen molar-refractivity contribution in [3.05, 3.63) is 6.33 Å². The molecule has 3 heterocycles. The van der Waals surface area contributed by atoms with Crippen molar-refractivity contribution < 1.29 is 9.47 Å². The zero-order chi connectivity index (χ0) is 14.0. The van der Waals surface area contributed by atoms with Crippen LogP contribution in [0.4, 0.5) is 11.9 Å². The monoisotopic (exact) mass is 279 g/mol. The zero-order valence-corrected chi connectivity index (χ0v) is 12.1. The minimum atomic E-state index is -0.0954. The Balaban J connectivity index is 1.83. The van der Waals surface area contributed by atoms with Crippen LogP contribution in [-0.4, -0.2) is 66.6 Å². The maximum absolute atomic E-state index is 5.54. The van der Waals surface area contributed by atoms with E-state index in [1.165, 1.54) is 0 Å². The highest BCUT2D eigenvalue weighted by Crippen LogP contribution is 2.24. The summed E-state index contributed by atoms with van der Waals surface area (Å²) in [7, 11) is 0. The summed E-state index contributed by atoms with van der Waals surface area (Å²) in [6.07, 6.45) is 1.60. The standard InChI is InChI=1S/C13H21N5O2/c1-13(2)9-20-8-5-18(13)12-15-10-14-11(16-12)17-3-6-19-7-4-17/h10H,3-9H2,1-2H3. The molecule has 0 saturated carbocycles. The second kappa shape index (κ2) is 5.49. The number of hydrogen-bond donors (Lipinski definition) is 0. The molecule has 2 aliphatic rings. The predicted molar refractivity (Wildman–Crippen MR) is 75.1 cm³/mol. The van der Waals surface area contributed by atoms with Crippen LogP contribution in [0.5, 0.6) is 0 Å². The summed E-state index contributed by atoms with van der Waals surface area (Å²) in [5.41, 5.74) is -0.0954. The van der Waals surface area contributed by atoms with E-state index in [4.69, 9.17) is 9.47 Å². The third-order valence-corrected chi connectivity index (χ3v) is 3.73. The van der Waals surface area contributed by atoms with Crippen molar-refractivity contribution in [2.24, 2.45) is 0 Å². The molecule has 0 spiro atoms. The second-order valence-electron chi connectivity index (χ2n) is 5.70. The smallest absolute Gasteiger partial charge is 0.230 e. The van der Waals surface area contributed by atoms with Crippen LogP contribution >= 0.6 is 0 Å². The lowest BCUT2D eigenvalue weighted by Crippen LogP contribution is -2.54. The summed E-state index contributed by atoms with van der Waals surface area (Å²) in [6, 6.07) is 0. The third-order valence-electron chi connectivity index (χ3n) is 3.73. The van der Waals surface area contributed by atoms with E-state index >= 15 is 0 Å². The lowest BCUT2D eigenvalue weighted by molar-refractivity contribution is 0.0633. The maximum Gasteiger partial charge on any atom is 0.230 e. The van der Waals surface area contributed by atoms with Crippen LogP contribution in [0.25, 0.3) is 0 Å². The summed E-state index contributed by atoms with van der Waals surface area (Å²) in [4.78, 5) is 17.6.